The highest BCUT2D eigenvalue weighted by molar-refractivity contribution is 5.82. The maximum absolute atomic E-state index is 4.46. The van der Waals surface area contributed by atoms with E-state index in [9.17, 15) is 0 Å². The Morgan fingerprint density at radius 2 is 2.08 bits per heavy atom. The molecule has 0 atom stereocenters. The highest BCUT2D eigenvalue weighted by Gasteiger charge is 2.00. The number of aryl methyl sites for hydroxylation is 1. The molecule has 0 N–H and O–H groups in total. The molecule has 1 aromatic heterocycles. The lowest BCUT2D eigenvalue weighted by atomic mass is 10.1. The van der Waals surface area contributed by atoms with E-state index in [1.54, 1.807) is 0 Å². The monoisotopic (exact) mass is 170 g/mol. The van der Waals surface area contributed by atoms with Gasteiger partial charge in [0.15, 0.2) is 0 Å². The molecule has 2 rings (SSSR count). The Labute approximate surface area is 78.4 Å². The van der Waals surface area contributed by atoms with Crippen LogP contribution in [0.4, 0.5) is 0 Å². The molecule has 0 bridgehead atoms. The second kappa shape index (κ2) is 3.17. The standard InChI is InChI=1S/C12H12N/c1-3-10-8-9(2)13-12-7-5-4-6-11(10)12/h4-8H,1,3H2,2H3. The molecule has 1 heterocycles. The first-order valence-corrected chi connectivity index (χ1v) is 4.46. The van der Waals surface area contributed by atoms with E-state index in [0.29, 0.717) is 0 Å². The Balaban J connectivity index is 2.81. The number of aromatic nitrogens is 1. The van der Waals surface area contributed by atoms with Crippen LogP contribution in [0, 0.1) is 13.8 Å². The molecule has 0 aliphatic rings. The molecule has 0 aliphatic carbocycles. The third kappa shape index (κ3) is 1.42. The van der Waals surface area contributed by atoms with E-state index in [0.717, 1.165) is 17.6 Å². The Morgan fingerprint density at radius 1 is 1.31 bits per heavy atom. The summed E-state index contributed by atoms with van der Waals surface area (Å²) in [5.41, 5.74) is 3.42. The van der Waals surface area contributed by atoms with Crippen molar-refractivity contribution in [1.82, 2.24) is 4.98 Å². The summed E-state index contributed by atoms with van der Waals surface area (Å²) in [5, 5.41) is 1.23. The van der Waals surface area contributed by atoms with Gasteiger partial charge in [0, 0.05) is 11.1 Å². The quantitative estimate of drug-likeness (QED) is 0.641. The van der Waals surface area contributed by atoms with Gasteiger partial charge in [-0.25, -0.2) is 0 Å². The first-order chi connectivity index (χ1) is 6.31. The van der Waals surface area contributed by atoms with Gasteiger partial charge in [0.25, 0.3) is 0 Å². The van der Waals surface area contributed by atoms with Crippen molar-refractivity contribution in [3.05, 3.63) is 48.5 Å². The molecule has 0 saturated heterocycles. The zero-order valence-corrected chi connectivity index (χ0v) is 7.75. The van der Waals surface area contributed by atoms with Crippen molar-refractivity contribution < 1.29 is 0 Å². The van der Waals surface area contributed by atoms with E-state index in [1.807, 2.05) is 25.1 Å². The van der Waals surface area contributed by atoms with Crippen molar-refractivity contribution in [2.75, 3.05) is 0 Å². The lowest BCUT2D eigenvalue weighted by Crippen LogP contribution is -1.89. The van der Waals surface area contributed by atoms with E-state index < -0.39 is 0 Å². The molecule has 1 nitrogen and oxygen atoms in total. The summed E-state index contributed by atoms with van der Waals surface area (Å²) in [4.78, 5) is 4.46. The molecule has 0 fully saturated rings. The first kappa shape index (κ1) is 8.24. The second-order valence-corrected chi connectivity index (χ2v) is 3.19. The van der Waals surface area contributed by atoms with Gasteiger partial charge in [-0.15, -0.1) is 0 Å². The number of benzene rings is 1. The van der Waals surface area contributed by atoms with Gasteiger partial charge in [0.2, 0.25) is 0 Å². The summed E-state index contributed by atoms with van der Waals surface area (Å²) in [6.45, 7) is 5.94. The van der Waals surface area contributed by atoms with Gasteiger partial charge in [-0.2, -0.15) is 0 Å². The predicted octanol–water partition coefficient (Wildman–Crippen LogP) is 2.92. The fraction of sp³-hybridized carbons (Fsp3) is 0.167. The van der Waals surface area contributed by atoms with Gasteiger partial charge in [-0.3, -0.25) is 4.98 Å². The molecule has 2 aromatic rings. The molecule has 65 valence electrons. The topological polar surface area (TPSA) is 12.9 Å². The van der Waals surface area contributed by atoms with Crippen molar-refractivity contribution in [1.29, 1.82) is 0 Å². The normalized spacial score (nSPS) is 10.6. The maximum atomic E-state index is 4.46. The van der Waals surface area contributed by atoms with Gasteiger partial charge in [0.05, 0.1) is 5.52 Å². The van der Waals surface area contributed by atoms with E-state index in [4.69, 9.17) is 0 Å². The summed E-state index contributed by atoms with van der Waals surface area (Å²) < 4.78 is 0. The SMILES string of the molecule is [CH2]Cc1cc(C)nc2ccccc12. The minimum atomic E-state index is 0.823. The molecular weight excluding hydrogens is 158 g/mol. The molecule has 1 aromatic carbocycles. The smallest absolute Gasteiger partial charge is 0.0707 e. The van der Waals surface area contributed by atoms with Crippen LogP contribution in [0.3, 0.4) is 0 Å². The molecule has 0 aliphatic heterocycles. The van der Waals surface area contributed by atoms with Gasteiger partial charge < -0.3 is 0 Å². The molecule has 1 radical (unpaired) electrons. The third-order valence-electron chi connectivity index (χ3n) is 2.20. The van der Waals surface area contributed by atoms with E-state index in [2.05, 4.69) is 24.0 Å². The number of hydrogen-bond donors (Lipinski definition) is 0. The summed E-state index contributed by atoms with van der Waals surface area (Å²) in [6, 6.07) is 10.3. The maximum Gasteiger partial charge on any atom is 0.0707 e. The lowest BCUT2D eigenvalue weighted by Gasteiger charge is -2.04. The van der Waals surface area contributed by atoms with Crippen LogP contribution in [0.15, 0.2) is 30.3 Å². The van der Waals surface area contributed by atoms with Crippen LogP contribution < -0.4 is 0 Å². The fourth-order valence-electron chi connectivity index (χ4n) is 1.60. The van der Waals surface area contributed by atoms with Crippen molar-refractivity contribution in [2.45, 2.75) is 13.3 Å². The first-order valence-electron chi connectivity index (χ1n) is 4.46. The number of fused-ring (bicyclic) bond motifs is 1. The van der Waals surface area contributed by atoms with Gasteiger partial charge >= 0.3 is 0 Å². The summed E-state index contributed by atoms with van der Waals surface area (Å²) in [6.07, 6.45) is 0.823. The van der Waals surface area contributed by atoms with Crippen molar-refractivity contribution >= 4 is 10.9 Å². The Bertz CT molecular complexity index is 432. The van der Waals surface area contributed by atoms with Gasteiger partial charge in [0.1, 0.15) is 0 Å². The largest absolute Gasteiger partial charge is 0.253 e. The average Bonchev–Trinajstić information content (AvgIpc) is 2.16. The average molecular weight is 170 g/mol. The number of nitrogens with zero attached hydrogens (tertiary/aromatic N) is 1. The fourth-order valence-corrected chi connectivity index (χ4v) is 1.60. The molecule has 0 amide bonds. The van der Waals surface area contributed by atoms with Gasteiger partial charge in [-0.1, -0.05) is 18.2 Å². The minimum Gasteiger partial charge on any atom is -0.253 e. The molecule has 0 saturated carbocycles. The van der Waals surface area contributed by atoms with Crippen LogP contribution in [-0.4, -0.2) is 4.98 Å². The van der Waals surface area contributed by atoms with Crippen LogP contribution in [0.5, 0.6) is 0 Å². The zero-order chi connectivity index (χ0) is 9.26. The highest BCUT2D eigenvalue weighted by Crippen LogP contribution is 2.17. The Morgan fingerprint density at radius 3 is 2.85 bits per heavy atom. The summed E-state index contributed by atoms with van der Waals surface area (Å²) in [5.74, 6) is 0. The van der Waals surface area contributed by atoms with E-state index in [1.165, 1.54) is 10.9 Å². The number of hydrogen-bond acceptors (Lipinski definition) is 1. The van der Waals surface area contributed by atoms with Crippen LogP contribution >= 0.6 is 0 Å². The Kier molecular flexibility index (Phi) is 2.01. The predicted molar refractivity (Wildman–Crippen MR) is 55.5 cm³/mol. The Hall–Kier alpha value is -1.37. The third-order valence-corrected chi connectivity index (χ3v) is 2.20. The molecule has 0 unspecified atom stereocenters. The van der Waals surface area contributed by atoms with Crippen LogP contribution in [0.2, 0.25) is 0 Å². The van der Waals surface area contributed by atoms with E-state index >= 15 is 0 Å². The minimum absolute atomic E-state index is 0.823. The van der Waals surface area contributed by atoms with Crippen molar-refractivity contribution in [3.63, 3.8) is 0 Å². The van der Waals surface area contributed by atoms with E-state index in [-0.39, 0.29) is 0 Å². The molecule has 0 spiro atoms. The van der Waals surface area contributed by atoms with Crippen LogP contribution in [0.1, 0.15) is 11.3 Å². The molecule has 1 heteroatoms. The molecular formula is C12H12N. The van der Waals surface area contributed by atoms with Crippen molar-refractivity contribution in [2.24, 2.45) is 0 Å². The summed E-state index contributed by atoms with van der Waals surface area (Å²) >= 11 is 0. The summed E-state index contributed by atoms with van der Waals surface area (Å²) in [7, 11) is 0. The zero-order valence-electron chi connectivity index (χ0n) is 7.75. The van der Waals surface area contributed by atoms with Crippen LogP contribution in [0.25, 0.3) is 10.9 Å². The lowest BCUT2D eigenvalue weighted by molar-refractivity contribution is 1.20. The van der Waals surface area contributed by atoms with Crippen molar-refractivity contribution in [3.8, 4) is 0 Å². The molecule has 13 heavy (non-hydrogen) atoms. The second-order valence-electron chi connectivity index (χ2n) is 3.19. The van der Waals surface area contributed by atoms with Gasteiger partial charge in [-0.05, 0) is 38.0 Å². The number of para-hydroxylation sites is 1. The van der Waals surface area contributed by atoms with Crippen LogP contribution in [-0.2, 0) is 6.42 Å². The highest BCUT2D eigenvalue weighted by atomic mass is 14.7. The number of rotatable bonds is 1. The number of pyridine rings is 1.